The lowest BCUT2D eigenvalue weighted by Gasteiger charge is -1.90. The van der Waals surface area contributed by atoms with Gasteiger partial charge in [-0.25, -0.2) is 4.68 Å². The monoisotopic (exact) mass is 273 g/mol. The van der Waals surface area contributed by atoms with Crippen LogP contribution in [0, 0.1) is 0 Å². The van der Waals surface area contributed by atoms with Crippen LogP contribution in [0.25, 0.3) is 5.13 Å². The van der Waals surface area contributed by atoms with Gasteiger partial charge in [0.2, 0.25) is 5.13 Å². The fraction of sp³-hybridized carbons (Fsp3) is 0.286. The topological polar surface area (TPSA) is 55.6 Å². The zero-order chi connectivity index (χ0) is 9.97. The normalized spacial score (nSPS) is 10.7. The first kappa shape index (κ1) is 9.75. The maximum absolute atomic E-state index is 4.12. The molecule has 0 saturated carbocycles. The molecule has 14 heavy (non-hydrogen) atoms. The highest BCUT2D eigenvalue weighted by Gasteiger charge is 2.05. The summed E-state index contributed by atoms with van der Waals surface area (Å²) in [7, 11) is 1.88. The van der Waals surface area contributed by atoms with Gasteiger partial charge in [-0.05, 0) is 23.0 Å². The van der Waals surface area contributed by atoms with Gasteiger partial charge in [0.05, 0.1) is 10.7 Å². The smallest absolute Gasteiger partial charge is 0.232 e. The highest BCUT2D eigenvalue weighted by Crippen LogP contribution is 2.16. The minimum atomic E-state index is 0.736. The molecule has 0 aliphatic carbocycles. The molecule has 0 spiro atoms. The van der Waals surface area contributed by atoms with Crippen LogP contribution in [-0.2, 0) is 6.54 Å². The van der Waals surface area contributed by atoms with Crippen LogP contribution < -0.4 is 5.32 Å². The lowest BCUT2D eigenvalue weighted by molar-refractivity contribution is 0.785. The number of nitrogens with zero attached hydrogens (tertiary/aromatic N) is 4. The van der Waals surface area contributed by atoms with E-state index in [1.165, 1.54) is 11.3 Å². The molecule has 0 amide bonds. The van der Waals surface area contributed by atoms with E-state index >= 15 is 0 Å². The van der Waals surface area contributed by atoms with Gasteiger partial charge in [-0.3, -0.25) is 0 Å². The molecule has 7 heteroatoms. The first-order valence-electron chi connectivity index (χ1n) is 3.97. The Hall–Kier alpha value is -0.790. The van der Waals surface area contributed by atoms with Crippen LogP contribution in [0.15, 0.2) is 16.9 Å². The van der Waals surface area contributed by atoms with E-state index in [4.69, 9.17) is 0 Å². The lowest BCUT2D eigenvalue weighted by Crippen LogP contribution is -2.04. The molecule has 0 bridgehead atoms. The van der Waals surface area contributed by atoms with Crippen LogP contribution >= 0.6 is 27.3 Å². The van der Waals surface area contributed by atoms with Gasteiger partial charge in [0.15, 0.2) is 0 Å². The molecule has 0 aliphatic rings. The summed E-state index contributed by atoms with van der Waals surface area (Å²) >= 11 is 4.85. The highest BCUT2D eigenvalue weighted by atomic mass is 79.9. The Kier molecular flexibility index (Phi) is 2.90. The van der Waals surface area contributed by atoms with E-state index in [1.54, 1.807) is 10.9 Å². The Morgan fingerprint density at radius 3 is 3.07 bits per heavy atom. The van der Waals surface area contributed by atoms with Gasteiger partial charge < -0.3 is 5.32 Å². The predicted octanol–water partition coefficient (Wildman–Crippen LogP) is 1.21. The fourth-order valence-corrected chi connectivity index (χ4v) is 2.03. The molecule has 2 aromatic heterocycles. The van der Waals surface area contributed by atoms with Crippen molar-refractivity contribution < 1.29 is 0 Å². The quantitative estimate of drug-likeness (QED) is 0.914. The minimum Gasteiger partial charge on any atom is -0.313 e. The molecular weight excluding hydrogens is 266 g/mol. The second-order valence-electron chi connectivity index (χ2n) is 2.61. The summed E-state index contributed by atoms with van der Waals surface area (Å²) < 4.78 is 2.63. The van der Waals surface area contributed by atoms with E-state index in [1.807, 2.05) is 13.2 Å². The van der Waals surface area contributed by atoms with Gasteiger partial charge >= 0.3 is 0 Å². The maximum atomic E-state index is 4.12. The molecular formula is C7H8BrN5S. The van der Waals surface area contributed by atoms with Crippen LogP contribution in [-0.4, -0.2) is 27.0 Å². The van der Waals surface area contributed by atoms with Crippen molar-refractivity contribution >= 4 is 27.3 Å². The van der Waals surface area contributed by atoms with E-state index in [0.717, 1.165) is 21.2 Å². The van der Waals surface area contributed by atoms with Crippen molar-refractivity contribution in [2.75, 3.05) is 7.05 Å². The maximum Gasteiger partial charge on any atom is 0.232 e. The van der Waals surface area contributed by atoms with Gasteiger partial charge in [-0.15, -0.1) is 10.2 Å². The molecule has 0 saturated heterocycles. The number of rotatable bonds is 3. The summed E-state index contributed by atoms with van der Waals surface area (Å²) in [4.78, 5) is 0. The number of nitrogens with one attached hydrogen (secondary N) is 1. The third-order valence-corrected chi connectivity index (χ3v) is 2.85. The van der Waals surface area contributed by atoms with Gasteiger partial charge in [0.25, 0.3) is 0 Å². The molecule has 5 nitrogen and oxygen atoms in total. The van der Waals surface area contributed by atoms with E-state index < -0.39 is 0 Å². The summed E-state index contributed by atoms with van der Waals surface area (Å²) in [5.74, 6) is 0. The Labute approximate surface area is 93.3 Å². The molecule has 0 aliphatic heterocycles. The molecule has 0 atom stereocenters. The van der Waals surface area contributed by atoms with Crippen molar-refractivity contribution in [2.45, 2.75) is 6.54 Å². The predicted molar refractivity (Wildman–Crippen MR) is 57.5 cm³/mol. The Morgan fingerprint density at radius 2 is 2.43 bits per heavy atom. The minimum absolute atomic E-state index is 0.736. The third kappa shape index (κ3) is 1.99. The van der Waals surface area contributed by atoms with E-state index in [2.05, 4.69) is 36.5 Å². The summed E-state index contributed by atoms with van der Waals surface area (Å²) in [6.45, 7) is 0.736. The van der Waals surface area contributed by atoms with Crippen molar-refractivity contribution in [1.29, 1.82) is 0 Å². The molecule has 2 aromatic rings. The molecule has 0 unspecified atom stereocenters. The molecule has 1 N–H and O–H groups in total. The second-order valence-corrected chi connectivity index (χ2v) is 4.57. The van der Waals surface area contributed by atoms with E-state index in [0.29, 0.717) is 0 Å². The molecule has 74 valence electrons. The van der Waals surface area contributed by atoms with Gasteiger partial charge in [0, 0.05) is 12.7 Å². The van der Waals surface area contributed by atoms with Crippen LogP contribution in [0.5, 0.6) is 0 Å². The number of halogens is 1. The molecule has 2 heterocycles. The lowest BCUT2D eigenvalue weighted by atomic mass is 10.7. The van der Waals surface area contributed by atoms with E-state index in [9.17, 15) is 0 Å². The van der Waals surface area contributed by atoms with Gasteiger partial charge in [-0.1, -0.05) is 11.3 Å². The number of hydrogen-bond donors (Lipinski definition) is 1. The SMILES string of the molecule is CNCc1nnc(-n2cc(Br)cn2)s1. The average Bonchev–Trinajstić information content (AvgIpc) is 2.74. The summed E-state index contributed by atoms with van der Waals surface area (Å²) in [6, 6.07) is 0. The Bertz CT molecular complexity index is 423. The number of aromatic nitrogens is 4. The first-order valence-corrected chi connectivity index (χ1v) is 5.58. The van der Waals surface area contributed by atoms with Crippen LogP contribution in [0.4, 0.5) is 0 Å². The summed E-state index contributed by atoms with van der Waals surface area (Å²) in [6.07, 6.45) is 3.57. The van der Waals surface area contributed by atoms with Gasteiger partial charge in [0.1, 0.15) is 5.01 Å². The van der Waals surface area contributed by atoms with Crippen molar-refractivity contribution in [3.05, 3.63) is 21.9 Å². The van der Waals surface area contributed by atoms with Gasteiger partial charge in [-0.2, -0.15) is 5.10 Å². The third-order valence-electron chi connectivity index (χ3n) is 1.53. The highest BCUT2D eigenvalue weighted by molar-refractivity contribution is 9.10. The number of hydrogen-bond acceptors (Lipinski definition) is 5. The van der Waals surface area contributed by atoms with Crippen molar-refractivity contribution in [3.8, 4) is 5.13 Å². The van der Waals surface area contributed by atoms with Crippen LogP contribution in [0.3, 0.4) is 0 Å². The van der Waals surface area contributed by atoms with Crippen LogP contribution in [0.1, 0.15) is 5.01 Å². The zero-order valence-corrected chi connectivity index (χ0v) is 9.84. The molecule has 2 rings (SSSR count). The molecule has 0 radical (unpaired) electrons. The average molecular weight is 274 g/mol. The molecule has 0 aromatic carbocycles. The second kappa shape index (κ2) is 4.16. The first-order chi connectivity index (χ1) is 6.79. The summed E-state index contributed by atoms with van der Waals surface area (Å²) in [5, 5.41) is 16.9. The zero-order valence-electron chi connectivity index (χ0n) is 7.44. The van der Waals surface area contributed by atoms with Crippen molar-refractivity contribution in [2.24, 2.45) is 0 Å². The standard InChI is InChI=1S/C7H8BrN5S/c1-9-3-6-11-12-7(14-6)13-4-5(8)2-10-13/h2,4,9H,3H2,1H3. The molecule has 0 fully saturated rings. The summed E-state index contributed by atoms with van der Waals surface area (Å²) in [5.41, 5.74) is 0. The van der Waals surface area contributed by atoms with Crippen LogP contribution in [0.2, 0.25) is 0 Å². The Morgan fingerprint density at radius 1 is 1.57 bits per heavy atom. The largest absolute Gasteiger partial charge is 0.313 e. The van der Waals surface area contributed by atoms with Crippen molar-refractivity contribution in [1.82, 2.24) is 25.3 Å². The fourth-order valence-electron chi connectivity index (χ4n) is 0.965. The van der Waals surface area contributed by atoms with Crippen molar-refractivity contribution in [3.63, 3.8) is 0 Å². The Balaban J connectivity index is 2.24. The van der Waals surface area contributed by atoms with E-state index in [-0.39, 0.29) is 0 Å².